The van der Waals surface area contributed by atoms with Gasteiger partial charge in [-0.25, -0.2) is 0 Å². The molecule has 2 heterocycles. The number of halogens is 1. The molecule has 0 unspecified atom stereocenters. The third-order valence-corrected chi connectivity index (χ3v) is 2.91. The number of anilines is 1. The number of hydrogen-bond acceptors (Lipinski definition) is 4. The van der Waals surface area contributed by atoms with Gasteiger partial charge in [-0.2, -0.15) is 5.10 Å². The van der Waals surface area contributed by atoms with Crippen LogP contribution in [0.5, 0.6) is 0 Å². The Morgan fingerprint density at radius 2 is 2.25 bits per heavy atom. The van der Waals surface area contributed by atoms with E-state index < -0.39 is 0 Å². The lowest BCUT2D eigenvalue weighted by Crippen LogP contribution is -2.37. The van der Waals surface area contributed by atoms with Crippen LogP contribution in [0.2, 0.25) is 0 Å². The van der Waals surface area contributed by atoms with Crippen LogP contribution < -0.4 is 4.90 Å². The van der Waals surface area contributed by atoms with E-state index in [9.17, 15) is 0 Å². The van der Waals surface area contributed by atoms with Crippen molar-refractivity contribution in [1.29, 1.82) is 0 Å². The molecule has 1 aliphatic rings. The van der Waals surface area contributed by atoms with Crippen molar-refractivity contribution in [2.24, 2.45) is 0 Å². The van der Waals surface area contributed by atoms with Gasteiger partial charge in [0, 0.05) is 25.2 Å². The molecule has 1 aromatic rings. The zero-order valence-electron chi connectivity index (χ0n) is 9.18. The topological polar surface area (TPSA) is 38.2 Å². The largest absolute Gasteiger partial charge is 0.377 e. The second kappa shape index (κ2) is 6.01. The van der Waals surface area contributed by atoms with Crippen LogP contribution in [0.4, 0.5) is 5.82 Å². The van der Waals surface area contributed by atoms with Crippen molar-refractivity contribution >= 4 is 17.4 Å². The van der Waals surface area contributed by atoms with Crippen LogP contribution in [-0.2, 0) is 4.74 Å². The second-order valence-corrected chi connectivity index (χ2v) is 4.21. The summed E-state index contributed by atoms with van der Waals surface area (Å²) in [6, 6.07) is 3.91. The zero-order chi connectivity index (χ0) is 11.2. The molecular weight excluding hydrogens is 226 g/mol. The molecule has 5 heteroatoms. The van der Waals surface area contributed by atoms with Crippen LogP contribution in [0.3, 0.4) is 0 Å². The summed E-state index contributed by atoms with van der Waals surface area (Å²) in [4.78, 5) is 2.24. The van der Waals surface area contributed by atoms with E-state index in [1.165, 1.54) is 0 Å². The SMILES string of the molecule is ClCCOC1CCN(c2cccnn2)CC1. The third kappa shape index (κ3) is 3.06. The summed E-state index contributed by atoms with van der Waals surface area (Å²) in [5.41, 5.74) is 0. The number of ether oxygens (including phenoxy) is 1. The lowest BCUT2D eigenvalue weighted by Gasteiger charge is -2.32. The molecule has 0 spiro atoms. The van der Waals surface area contributed by atoms with Gasteiger partial charge in [0.05, 0.1) is 12.7 Å². The van der Waals surface area contributed by atoms with Crippen LogP contribution in [0.15, 0.2) is 18.3 Å². The van der Waals surface area contributed by atoms with Crippen LogP contribution in [0.25, 0.3) is 0 Å². The number of aromatic nitrogens is 2. The van der Waals surface area contributed by atoms with Gasteiger partial charge in [0.1, 0.15) is 0 Å². The van der Waals surface area contributed by atoms with Crippen LogP contribution in [0, 0.1) is 0 Å². The van der Waals surface area contributed by atoms with E-state index >= 15 is 0 Å². The van der Waals surface area contributed by atoms with Gasteiger partial charge < -0.3 is 9.64 Å². The predicted octanol–water partition coefficient (Wildman–Crippen LogP) is 1.70. The molecule has 1 fully saturated rings. The molecular formula is C11H16ClN3O. The van der Waals surface area contributed by atoms with Gasteiger partial charge in [0.25, 0.3) is 0 Å². The van der Waals surface area contributed by atoms with E-state index in [1.54, 1.807) is 6.20 Å². The number of rotatable bonds is 4. The zero-order valence-corrected chi connectivity index (χ0v) is 9.94. The van der Waals surface area contributed by atoms with E-state index in [2.05, 4.69) is 15.1 Å². The maximum absolute atomic E-state index is 5.62. The number of piperidine rings is 1. The summed E-state index contributed by atoms with van der Waals surface area (Å²) in [6.45, 7) is 2.61. The fraction of sp³-hybridized carbons (Fsp3) is 0.636. The van der Waals surface area contributed by atoms with Gasteiger partial charge in [-0.3, -0.25) is 0 Å². The lowest BCUT2D eigenvalue weighted by molar-refractivity contribution is 0.0470. The van der Waals surface area contributed by atoms with E-state index in [1.807, 2.05) is 12.1 Å². The Kier molecular flexibility index (Phi) is 4.36. The molecule has 88 valence electrons. The fourth-order valence-electron chi connectivity index (χ4n) is 1.92. The predicted molar refractivity (Wildman–Crippen MR) is 63.9 cm³/mol. The van der Waals surface area contributed by atoms with Crippen molar-refractivity contribution in [1.82, 2.24) is 10.2 Å². The molecule has 0 N–H and O–H groups in total. The minimum Gasteiger partial charge on any atom is -0.377 e. The van der Waals surface area contributed by atoms with Crippen molar-refractivity contribution in [2.45, 2.75) is 18.9 Å². The van der Waals surface area contributed by atoms with E-state index in [4.69, 9.17) is 16.3 Å². The molecule has 4 nitrogen and oxygen atoms in total. The maximum atomic E-state index is 5.62. The third-order valence-electron chi connectivity index (χ3n) is 2.75. The molecule has 0 radical (unpaired) electrons. The lowest BCUT2D eigenvalue weighted by atomic mass is 10.1. The Balaban J connectivity index is 1.81. The highest BCUT2D eigenvalue weighted by Gasteiger charge is 2.20. The highest BCUT2D eigenvalue weighted by molar-refractivity contribution is 6.17. The quantitative estimate of drug-likeness (QED) is 0.753. The van der Waals surface area contributed by atoms with Gasteiger partial charge in [-0.05, 0) is 25.0 Å². The number of nitrogens with zero attached hydrogens (tertiary/aromatic N) is 3. The van der Waals surface area contributed by atoms with Crippen LogP contribution in [-0.4, -0.2) is 41.9 Å². The summed E-state index contributed by atoms with van der Waals surface area (Å²) in [5, 5.41) is 7.99. The number of hydrogen-bond donors (Lipinski definition) is 0. The fourth-order valence-corrected chi connectivity index (χ4v) is 2.01. The molecule has 0 aromatic carbocycles. The Hall–Kier alpha value is -0.870. The normalized spacial score (nSPS) is 17.7. The highest BCUT2D eigenvalue weighted by Crippen LogP contribution is 2.18. The monoisotopic (exact) mass is 241 g/mol. The van der Waals surface area contributed by atoms with Gasteiger partial charge in [0.2, 0.25) is 0 Å². The standard InChI is InChI=1S/C11H16ClN3O/c12-5-9-16-10-3-7-15(8-4-10)11-2-1-6-13-14-11/h1-2,6,10H,3-5,7-9H2. The molecule has 0 saturated carbocycles. The molecule has 0 atom stereocenters. The maximum Gasteiger partial charge on any atom is 0.151 e. The summed E-state index contributed by atoms with van der Waals surface area (Å²) >= 11 is 5.59. The molecule has 1 aromatic heterocycles. The first kappa shape index (κ1) is 11.6. The average Bonchev–Trinajstić information content (AvgIpc) is 2.38. The van der Waals surface area contributed by atoms with Crippen LogP contribution in [0.1, 0.15) is 12.8 Å². The van der Waals surface area contributed by atoms with Gasteiger partial charge in [-0.1, -0.05) is 0 Å². The minimum absolute atomic E-state index is 0.353. The Labute approximate surface area is 101 Å². The molecule has 0 amide bonds. The first-order valence-electron chi connectivity index (χ1n) is 5.60. The summed E-state index contributed by atoms with van der Waals surface area (Å²) in [7, 11) is 0. The van der Waals surface area contributed by atoms with Crippen molar-refractivity contribution in [3.63, 3.8) is 0 Å². The Bertz CT molecular complexity index is 301. The van der Waals surface area contributed by atoms with E-state index in [0.717, 1.165) is 31.7 Å². The molecule has 16 heavy (non-hydrogen) atoms. The average molecular weight is 242 g/mol. The van der Waals surface area contributed by atoms with E-state index in [-0.39, 0.29) is 0 Å². The first-order valence-corrected chi connectivity index (χ1v) is 6.14. The van der Waals surface area contributed by atoms with Crippen molar-refractivity contribution in [3.05, 3.63) is 18.3 Å². The molecule has 2 rings (SSSR count). The number of alkyl halides is 1. The van der Waals surface area contributed by atoms with E-state index in [0.29, 0.717) is 18.6 Å². The minimum atomic E-state index is 0.353. The van der Waals surface area contributed by atoms with Gasteiger partial charge in [-0.15, -0.1) is 16.7 Å². The highest BCUT2D eigenvalue weighted by atomic mass is 35.5. The van der Waals surface area contributed by atoms with Gasteiger partial charge in [0.15, 0.2) is 5.82 Å². The van der Waals surface area contributed by atoms with Crippen molar-refractivity contribution in [2.75, 3.05) is 30.5 Å². The Morgan fingerprint density at radius 3 is 2.88 bits per heavy atom. The molecule has 0 bridgehead atoms. The van der Waals surface area contributed by atoms with Crippen molar-refractivity contribution in [3.8, 4) is 0 Å². The second-order valence-electron chi connectivity index (χ2n) is 3.83. The summed E-state index contributed by atoms with van der Waals surface area (Å²) in [5.74, 6) is 1.53. The smallest absolute Gasteiger partial charge is 0.151 e. The van der Waals surface area contributed by atoms with Crippen LogP contribution >= 0.6 is 11.6 Å². The van der Waals surface area contributed by atoms with Gasteiger partial charge >= 0.3 is 0 Å². The molecule has 1 aliphatic heterocycles. The summed E-state index contributed by atoms with van der Waals surface area (Å²) < 4.78 is 5.62. The Morgan fingerprint density at radius 1 is 1.44 bits per heavy atom. The van der Waals surface area contributed by atoms with Crippen molar-refractivity contribution < 1.29 is 4.74 Å². The summed E-state index contributed by atoms with van der Waals surface area (Å²) in [6.07, 6.45) is 4.12. The molecule has 0 aliphatic carbocycles. The molecule has 1 saturated heterocycles. The first-order chi connectivity index (χ1) is 7.90.